The summed E-state index contributed by atoms with van der Waals surface area (Å²) in [5.74, 6) is 1.46. The third-order valence-corrected chi connectivity index (χ3v) is 8.68. The van der Waals surface area contributed by atoms with Crippen LogP contribution in [0.25, 0.3) is 5.70 Å². The molecule has 4 aromatic rings. The highest BCUT2D eigenvalue weighted by molar-refractivity contribution is 8.06. The van der Waals surface area contributed by atoms with Crippen LogP contribution in [0.15, 0.2) is 113 Å². The largest absolute Gasteiger partial charge is 0.497 e. The Morgan fingerprint density at radius 1 is 1.00 bits per heavy atom. The van der Waals surface area contributed by atoms with Gasteiger partial charge in [-0.2, -0.15) is 0 Å². The molecule has 0 spiro atoms. The first-order chi connectivity index (χ1) is 20.3. The summed E-state index contributed by atoms with van der Waals surface area (Å²) in [6, 6.07) is 29.1. The third-order valence-electron chi connectivity index (χ3n) is 7.42. The van der Waals surface area contributed by atoms with Crippen molar-refractivity contribution in [3.05, 3.63) is 135 Å². The first-order valence-electron chi connectivity index (χ1n) is 13.6. The average Bonchev–Trinajstić information content (AvgIpc) is 3.02. The van der Waals surface area contributed by atoms with E-state index in [9.17, 15) is 4.91 Å². The smallest absolute Gasteiger partial charge is 0.192 e. The number of anilines is 2. The molecule has 1 unspecified atom stereocenters. The van der Waals surface area contributed by atoms with Gasteiger partial charge in [-0.15, -0.1) is 4.91 Å². The fourth-order valence-electron chi connectivity index (χ4n) is 4.89. The second-order valence-corrected chi connectivity index (χ2v) is 11.2. The predicted molar refractivity (Wildman–Crippen MR) is 173 cm³/mol. The number of benzene rings is 4. The lowest BCUT2D eigenvalue weighted by Crippen LogP contribution is -2.40. The van der Waals surface area contributed by atoms with E-state index < -0.39 is 5.60 Å². The second kappa shape index (κ2) is 12.0. The normalized spacial score (nSPS) is 15.8. The molecule has 1 aliphatic heterocycles. The van der Waals surface area contributed by atoms with Gasteiger partial charge in [0.25, 0.3) is 0 Å². The van der Waals surface area contributed by atoms with Gasteiger partial charge < -0.3 is 25.4 Å². The summed E-state index contributed by atoms with van der Waals surface area (Å²) < 4.78 is 12.6. The molecule has 0 fully saturated rings. The van der Waals surface area contributed by atoms with Gasteiger partial charge in [0.15, 0.2) is 5.60 Å². The van der Waals surface area contributed by atoms with Gasteiger partial charge in [-0.1, -0.05) is 48.7 Å². The van der Waals surface area contributed by atoms with Crippen LogP contribution in [0, 0.1) is 11.8 Å². The highest BCUT2D eigenvalue weighted by Gasteiger charge is 2.47. The fourth-order valence-corrected chi connectivity index (χ4v) is 6.05. The number of nitrogens with two attached hydrogens (primary N) is 1. The Morgan fingerprint density at radius 2 is 1.60 bits per heavy atom. The Kier molecular flexibility index (Phi) is 8.27. The number of methoxy groups -OCH3 is 1. The van der Waals surface area contributed by atoms with Crippen LogP contribution in [-0.4, -0.2) is 25.6 Å². The summed E-state index contributed by atoms with van der Waals surface area (Å²) in [6.07, 6.45) is 0. The number of nitroso groups, excluding NO2 is 1. The Morgan fingerprint density at radius 3 is 2.17 bits per heavy atom. The van der Waals surface area contributed by atoms with E-state index in [2.05, 4.69) is 41.0 Å². The van der Waals surface area contributed by atoms with Crippen molar-refractivity contribution in [2.24, 2.45) is 10.9 Å². The molecule has 0 aromatic heterocycles. The van der Waals surface area contributed by atoms with E-state index >= 15 is 0 Å². The van der Waals surface area contributed by atoms with Crippen molar-refractivity contribution in [3.8, 4) is 11.5 Å². The van der Waals surface area contributed by atoms with E-state index in [1.807, 2.05) is 80.7 Å². The number of fused-ring (bicyclic) bond motifs is 1. The molecule has 0 aliphatic carbocycles. The molecule has 42 heavy (non-hydrogen) atoms. The van der Waals surface area contributed by atoms with Crippen molar-refractivity contribution in [2.75, 3.05) is 26.0 Å². The first-order valence-corrected chi connectivity index (χ1v) is 14.4. The quantitative estimate of drug-likeness (QED) is 0.183. The summed E-state index contributed by atoms with van der Waals surface area (Å²) in [7, 11) is 3.67. The van der Waals surface area contributed by atoms with E-state index in [-0.39, 0.29) is 0 Å². The fraction of sp³-hybridized carbons (Fsp3) is 0.176. The molecule has 5 rings (SSSR count). The SMILES string of the molecule is C=C(SC1=C(N)c2ccc(C)cc2OC1(c1ccc(Nc2ccc(N=O)cc2)cc1)c1ccc(OC)cc1)N(C)CC. The number of rotatable bonds is 10. The standard InChI is InChI=1S/C34H34N4O3S/c1-6-38(4)23(3)42-33-32(35)30-20-7-22(2)21-31(30)41-34(33,25-10-18-29(40-5)19-11-25)24-8-12-26(13-9-24)36-27-14-16-28(37-39)17-15-27/h7-21,36H,3,6,35H2,1-2,4-5H3. The van der Waals surface area contributed by atoms with Gasteiger partial charge in [0, 0.05) is 41.7 Å². The minimum atomic E-state index is -1.06. The molecule has 0 saturated carbocycles. The second-order valence-electron chi connectivity index (χ2n) is 10.1. The lowest BCUT2D eigenvalue weighted by atomic mass is 9.82. The number of hydrogen-bond acceptors (Lipinski definition) is 8. The summed E-state index contributed by atoms with van der Waals surface area (Å²) >= 11 is 1.53. The molecule has 8 heteroatoms. The minimum absolute atomic E-state index is 0.381. The van der Waals surface area contributed by atoms with Gasteiger partial charge in [0.2, 0.25) is 0 Å². The van der Waals surface area contributed by atoms with Gasteiger partial charge in [-0.25, -0.2) is 0 Å². The topological polar surface area (TPSA) is 89.2 Å². The van der Waals surface area contributed by atoms with Crippen LogP contribution in [-0.2, 0) is 5.60 Å². The number of nitrogens with one attached hydrogen (secondary N) is 1. The summed E-state index contributed by atoms with van der Waals surface area (Å²) in [4.78, 5) is 13.7. The van der Waals surface area contributed by atoms with Gasteiger partial charge >= 0.3 is 0 Å². The van der Waals surface area contributed by atoms with E-state index in [4.69, 9.17) is 15.2 Å². The van der Waals surface area contributed by atoms with Gasteiger partial charge in [-0.3, -0.25) is 0 Å². The number of thioether (sulfide) groups is 1. The lowest BCUT2D eigenvalue weighted by Gasteiger charge is -2.42. The third kappa shape index (κ3) is 5.45. The van der Waals surface area contributed by atoms with Crippen molar-refractivity contribution in [1.29, 1.82) is 0 Å². The monoisotopic (exact) mass is 578 g/mol. The molecular weight excluding hydrogens is 544 g/mol. The van der Waals surface area contributed by atoms with E-state index in [0.717, 1.165) is 55.9 Å². The van der Waals surface area contributed by atoms with E-state index in [0.29, 0.717) is 17.1 Å². The molecule has 0 amide bonds. The van der Waals surface area contributed by atoms with Gasteiger partial charge in [-0.05, 0) is 85.3 Å². The maximum absolute atomic E-state index is 10.8. The summed E-state index contributed by atoms with van der Waals surface area (Å²) in [5, 5.41) is 7.22. The Balaban J connectivity index is 1.67. The van der Waals surface area contributed by atoms with Crippen LogP contribution in [0.3, 0.4) is 0 Å². The van der Waals surface area contributed by atoms with E-state index in [1.165, 1.54) is 11.8 Å². The molecule has 1 aliphatic rings. The Bertz CT molecular complexity index is 1630. The predicted octanol–water partition coefficient (Wildman–Crippen LogP) is 8.26. The molecule has 0 bridgehead atoms. The summed E-state index contributed by atoms with van der Waals surface area (Å²) in [5.41, 5.74) is 12.5. The Hall–Kier alpha value is -4.69. The first kappa shape index (κ1) is 28.8. The van der Waals surface area contributed by atoms with Crippen LogP contribution >= 0.6 is 11.8 Å². The number of aryl methyl sites for hydroxylation is 1. The molecule has 0 saturated heterocycles. The van der Waals surface area contributed by atoms with Crippen molar-refractivity contribution >= 4 is 34.5 Å². The van der Waals surface area contributed by atoms with Crippen LogP contribution in [0.4, 0.5) is 17.1 Å². The highest BCUT2D eigenvalue weighted by Crippen LogP contribution is 2.54. The van der Waals surface area contributed by atoms with E-state index in [1.54, 1.807) is 19.2 Å². The highest BCUT2D eigenvalue weighted by atomic mass is 32.2. The Labute approximate surface area is 251 Å². The van der Waals surface area contributed by atoms with Gasteiger partial charge in [0.1, 0.15) is 17.2 Å². The van der Waals surface area contributed by atoms with Crippen molar-refractivity contribution < 1.29 is 9.47 Å². The van der Waals surface area contributed by atoms with Crippen LogP contribution in [0.5, 0.6) is 11.5 Å². The minimum Gasteiger partial charge on any atom is -0.497 e. The van der Waals surface area contributed by atoms with Crippen molar-refractivity contribution in [1.82, 2.24) is 4.90 Å². The zero-order valence-corrected chi connectivity index (χ0v) is 25.0. The average molecular weight is 579 g/mol. The molecule has 0 radical (unpaired) electrons. The maximum atomic E-state index is 10.8. The molecular formula is C34H34N4O3S. The molecule has 1 heterocycles. The maximum Gasteiger partial charge on any atom is 0.192 e. The number of hydrogen-bond donors (Lipinski definition) is 2. The van der Waals surface area contributed by atoms with Crippen LogP contribution < -0.4 is 20.5 Å². The summed E-state index contributed by atoms with van der Waals surface area (Å²) in [6.45, 7) is 9.29. The van der Waals surface area contributed by atoms with Crippen molar-refractivity contribution in [2.45, 2.75) is 19.4 Å². The van der Waals surface area contributed by atoms with Crippen LogP contribution in [0.1, 0.15) is 29.2 Å². The number of nitrogens with zero attached hydrogens (tertiary/aromatic N) is 2. The lowest BCUT2D eigenvalue weighted by molar-refractivity contribution is 0.155. The van der Waals surface area contributed by atoms with Crippen molar-refractivity contribution in [3.63, 3.8) is 0 Å². The van der Waals surface area contributed by atoms with Crippen LogP contribution in [0.2, 0.25) is 0 Å². The molecule has 214 valence electrons. The molecule has 7 nitrogen and oxygen atoms in total. The molecule has 4 aromatic carbocycles. The number of ether oxygens (including phenoxy) is 2. The zero-order chi connectivity index (χ0) is 29.9. The zero-order valence-electron chi connectivity index (χ0n) is 24.2. The molecule has 1 atom stereocenters. The van der Waals surface area contributed by atoms with Gasteiger partial charge in [0.05, 0.1) is 22.7 Å². The molecule has 3 N–H and O–H groups in total.